The minimum Gasteiger partial charge on any atom is -0.374 e. The Morgan fingerprint density at radius 3 is 2.13 bits per heavy atom. The molecule has 15 heavy (non-hydrogen) atoms. The topological polar surface area (TPSA) is 15.7 Å². The molecule has 2 rings (SSSR count). The van der Waals surface area contributed by atoms with Crippen LogP contribution in [0.15, 0.2) is 0 Å². The van der Waals surface area contributed by atoms with E-state index < -0.39 is 0 Å². The van der Waals surface area contributed by atoms with Crippen molar-refractivity contribution in [2.75, 3.05) is 40.3 Å². The Bertz CT molecular complexity index is 153. The Balaban J connectivity index is 0.000000442. The minimum absolute atomic E-state index is 0.471. The van der Waals surface area contributed by atoms with Gasteiger partial charge in [0.1, 0.15) is 0 Å². The minimum atomic E-state index is 0.471. The zero-order valence-electron chi connectivity index (χ0n) is 11.3. The van der Waals surface area contributed by atoms with Gasteiger partial charge in [0.25, 0.3) is 0 Å². The van der Waals surface area contributed by atoms with Crippen LogP contribution < -0.4 is 0 Å². The quantitative estimate of drug-likeness (QED) is 0.613. The van der Waals surface area contributed by atoms with Crippen molar-refractivity contribution in [3.05, 3.63) is 0 Å². The maximum Gasteiger partial charge on any atom is 0.0869 e. The van der Waals surface area contributed by atoms with Crippen molar-refractivity contribution >= 4 is 0 Å². The lowest BCUT2D eigenvalue weighted by Gasteiger charge is -2.33. The predicted molar refractivity (Wildman–Crippen MR) is 66.4 cm³/mol. The normalized spacial score (nSPS) is 30.8. The van der Waals surface area contributed by atoms with E-state index in [4.69, 9.17) is 4.74 Å². The molecule has 92 valence electrons. The molecule has 2 unspecified atom stereocenters. The second-order valence-corrected chi connectivity index (χ2v) is 3.68. The molecular formula is C12H28N2O. The van der Waals surface area contributed by atoms with Crippen LogP contribution in [0.4, 0.5) is 0 Å². The Kier molecular flexibility index (Phi) is 8.02. The maximum absolute atomic E-state index is 5.66. The molecule has 0 aliphatic carbocycles. The molecule has 2 aliphatic heterocycles. The van der Waals surface area contributed by atoms with Crippen LogP contribution in [-0.2, 0) is 4.74 Å². The summed E-state index contributed by atoms with van der Waals surface area (Å²) < 4.78 is 5.66. The Morgan fingerprint density at radius 2 is 1.60 bits per heavy atom. The summed E-state index contributed by atoms with van der Waals surface area (Å²) in [4.78, 5) is 4.76. The fourth-order valence-electron chi connectivity index (χ4n) is 2.04. The van der Waals surface area contributed by atoms with E-state index in [0.29, 0.717) is 12.1 Å². The molecule has 2 atom stereocenters. The lowest BCUT2D eigenvalue weighted by molar-refractivity contribution is -0.0368. The molecule has 0 spiro atoms. The van der Waals surface area contributed by atoms with E-state index >= 15 is 0 Å². The van der Waals surface area contributed by atoms with Gasteiger partial charge in [-0.3, -0.25) is 4.90 Å². The van der Waals surface area contributed by atoms with Gasteiger partial charge < -0.3 is 9.64 Å². The molecule has 0 N–H and O–H groups in total. The average Bonchev–Trinajstić information content (AvgIpc) is 2.66. The molecule has 0 amide bonds. The van der Waals surface area contributed by atoms with Gasteiger partial charge in [0.15, 0.2) is 0 Å². The summed E-state index contributed by atoms with van der Waals surface area (Å²) in [6.07, 6.45) is 0.471. The second kappa shape index (κ2) is 8.08. The van der Waals surface area contributed by atoms with E-state index in [0.717, 1.165) is 19.7 Å². The molecule has 2 saturated heterocycles. The number of ether oxygens (including phenoxy) is 1. The predicted octanol–water partition coefficient (Wildman–Crippen LogP) is 1.68. The average molecular weight is 216 g/mol. The van der Waals surface area contributed by atoms with E-state index in [9.17, 15) is 0 Å². The fraction of sp³-hybridized carbons (Fsp3) is 1.00. The van der Waals surface area contributed by atoms with Gasteiger partial charge in [0, 0.05) is 25.7 Å². The van der Waals surface area contributed by atoms with Crippen LogP contribution in [0.1, 0.15) is 27.7 Å². The molecule has 0 aromatic heterocycles. The van der Waals surface area contributed by atoms with Gasteiger partial charge in [-0.15, -0.1) is 0 Å². The van der Waals surface area contributed by atoms with Gasteiger partial charge in [0.2, 0.25) is 0 Å². The molecule has 0 aromatic carbocycles. The first-order valence-corrected chi connectivity index (χ1v) is 6.28. The summed E-state index contributed by atoms with van der Waals surface area (Å²) >= 11 is 0. The fourth-order valence-corrected chi connectivity index (χ4v) is 2.04. The molecule has 3 heteroatoms. The highest BCUT2D eigenvalue weighted by molar-refractivity contribution is 4.91. The van der Waals surface area contributed by atoms with Crippen molar-refractivity contribution in [2.24, 2.45) is 0 Å². The van der Waals surface area contributed by atoms with Crippen molar-refractivity contribution in [1.29, 1.82) is 0 Å². The number of nitrogens with zero attached hydrogens (tertiary/aromatic N) is 2. The molecule has 0 aromatic rings. The molecule has 0 saturated carbocycles. The summed E-state index contributed by atoms with van der Waals surface area (Å²) in [6, 6.07) is 0.647. The number of morpholine rings is 1. The van der Waals surface area contributed by atoms with Gasteiger partial charge in [-0.2, -0.15) is 0 Å². The summed E-state index contributed by atoms with van der Waals surface area (Å²) in [6.45, 7) is 12.3. The smallest absolute Gasteiger partial charge is 0.0869 e. The highest BCUT2D eigenvalue weighted by atomic mass is 16.5. The summed E-state index contributed by atoms with van der Waals surface area (Å²) in [7, 11) is 4.36. The highest BCUT2D eigenvalue weighted by Crippen LogP contribution is 2.19. The standard InChI is InChI=1S/C8H16N2O.2C2H6/c1-9-5-7-8(6-9)11-4-3-10(7)2;2*1-2/h7-8H,3-6H2,1-2H3;2*1-2H3. The maximum atomic E-state index is 5.66. The third-order valence-corrected chi connectivity index (χ3v) is 2.76. The SMILES string of the molecule is CC.CC.CN1CC2OCCN(C)C2C1. The van der Waals surface area contributed by atoms with Crippen molar-refractivity contribution in [1.82, 2.24) is 9.80 Å². The van der Waals surface area contributed by atoms with Gasteiger partial charge in [-0.25, -0.2) is 0 Å². The van der Waals surface area contributed by atoms with Crippen molar-refractivity contribution in [3.8, 4) is 0 Å². The molecule has 2 heterocycles. The zero-order chi connectivity index (χ0) is 11.8. The van der Waals surface area contributed by atoms with Crippen LogP contribution in [0.5, 0.6) is 0 Å². The lowest BCUT2D eigenvalue weighted by Crippen LogP contribution is -2.48. The number of hydrogen-bond donors (Lipinski definition) is 0. The van der Waals surface area contributed by atoms with Crippen molar-refractivity contribution in [2.45, 2.75) is 39.8 Å². The van der Waals surface area contributed by atoms with Crippen LogP contribution in [0.3, 0.4) is 0 Å². The number of likely N-dealkylation sites (tertiary alicyclic amines) is 1. The highest BCUT2D eigenvalue weighted by Gasteiger charge is 2.36. The Hall–Kier alpha value is -0.120. The molecular weight excluding hydrogens is 188 g/mol. The number of likely N-dealkylation sites (N-methyl/N-ethyl adjacent to an activating group) is 2. The zero-order valence-corrected chi connectivity index (χ0v) is 11.3. The largest absolute Gasteiger partial charge is 0.374 e. The summed E-state index contributed by atoms with van der Waals surface area (Å²) in [5.41, 5.74) is 0. The van der Waals surface area contributed by atoms with Crippen LogP contribution in [-0.4, -0.2) is 62.3 Å². The van der Waals surface area contributed by atoms with Gasteiger partial charge >= 0.3 is 0 Å². The second-order valence-electron chi connectivity index (χ2n) is 3.68. The van der Waals surface area contributed by atoms with E-state index in [-0.39, 0.29) is 0 Å². The van der Waals surface area contributed by atoms with Crippen LogP contribution >= 0.6 is 0 Å². The lowest BCUT2D eigenvalue weighted by atomic mass is 10.1. The van der Waals surface area contributed by atoms with E-state index in [1.165, 1.54) is 6.54 Å². The molecule has 2 fully saturated rings. The first-order valence-electron chi connectivity index (χ1n) is 6.28. The third-order valence-electron chi connectivity index (χ3n) is 2.76. The molecule has 3 nitrogen and oxygen atoms in total. The molecule has 0 radical (unpaired) electrons. The molecule has 0 bridgehead atoms. The first kappa shape index (κ1) is 14.9. The van der Waals surface area contributed by atoms with Crippen LogP contribution in [0, 0.1) is 0 Å². The third kappa shape index (κ3) is 4.09. The van der Waals surface area contributed by atoms with Crippen molar-refractivity contribution in [3.63, 3.8) is 0 Å². The van der Waals surface area contributed by atoms with E-state index in [2.05, 4.69) is 23.9 Å². The van der Waals surface area contributed by atoms with E-state index in [1.54, 1.807) is 0 Å². The summed E-state index contributed by atoms with van der Waals surface area (Å²) in [5.74, 6) is 0. The monoisotopic (exact) mass is 216 g/mol. The number of hydrogen-bond acceptors (Lipinski definition) is 3. The first-order chi connectivity index (χ1) is 7.27. The van der Waals surface area contributed by atoms with Gasteiger partial charge in [0.05, 0.1) is 12.7 Å². The molecule has 2 aliphatic rings. The van der Waals surface area contributed by atoms with Gasteiger partial charge in [-0.05, 0) is 14.1 Å². The summed E-state index contributed by atoms with van der Waals surface area (Å²) in [5, 5.41) is 0. The van der Waals surface area contributed by atoms with Crippen LogP contribution in [0.2, 0.25) is 0 Å². The Labute approximate surface area is 95.4 Å². The van der Waals surface area contributed by atoms with Gasteiger partial charge in [-0.1, -0.05) is 27.7 Å². The number of rotatable bonds is 0. The van der Waals surface area contributed by atoms with Crippen LogP contribution in [0.25, 0.3) is 0 Å². The van der Waals surface area contributed by atoms with Crippen molar-refractivity contribution < 1.29 is 4.74 Å². The Morgan fingerprint density at radius 1 is 1.00 bits per heavy atom. The number of fused-ring (bicyclic) bond motifs is 1. The van der Waals surface area contributed by atoms with E-state index in [1.807, 2.05) is 27.7 Å².